The highest BCUT2D eigenvalue weighted by Gasteiger charge is 2.38. The molecule has 294 valence electrons. The fourth-order valence-corrected chi connectivity index (χ4v) is 11.0. The van der Waals surface area contributed by atoms with Gasteiger partial charge in [-0.15, -0.1) is 22.7 Å². The van der Waals surface area contributed by atoms with Gasteiger partial charge in [0.15, 0.2) is 0 Å². The molecule has 10 heteroatoms. The Labute approximate surface area is 348 Å². The first-order valence-corrected chi connectivity index (χ1v) is 22.2. The van der Waals surface area contributed by atoms with Gasteiger partial charge in [0.1, 0.15) is 16.1 Å². The van der Waals surface area contributed by atoms with Crippen molar-refractivity contribution in [3.63, 3.8) is 0 Å². The number of carbonyl (C=O) groups is 3. The summed E-state index contributed by atoms with van der Waals surface area (Å²) in [7, 11) is 0. The highest BCUT2D eigenvalue weighted by molar-refractivity contribution is 7.15. The Morgan fingerprint density at radius 3 is 1.67 bits per heavy atom. The molecule has 0 unspecified atom stereocenters. The molecule has 9 rings (SSSR count). The zero-order valence-electron chi connectivity index (χ0n) is 32.5. The number of amides is 3. The van der Waals surface area contributed by atoms with Gasteiger partial charge in [0.2, 0.25) is 17.7 Å². The number of aromatic nitrogens is 2. The number of carbonyl (C=O) groups excluding carboxylic acids is 3. The third-order valence-electron chi connectivity index (χ3n) is 12.0. The van der Waals surface area contributed by atoms with E-state index < -0.39 is 6.04 Å². The van der Waals surface area contributed by atoms with Gasteiger partial charge in [-0.3, -0.25) is 14.4 Å². The number of nitrogens with zero attached hydrogens (tertiary/aromatic N) is 4. The quantitative estimate of drug-likeness (QED) is 0.141. The Kier molecular flexibility index (Phi) is 11.3. The van der Waals surface area contributed by atoms with E-state index in [1.54, 1.807) is 22.7 Å². The van der Waals surface area contributed by atoms with E-state index in [1.807, 2.05) is 82.9 Å². The standard InChI is InChI=1S/C48H47N5O3S2/c54-43(29-32-11-3-1-4-12-32)52-27-9-17-39(52)46-49-30-41(57-46)35-23-19-33(20-24-35)34-21-25-36(26-22-34)42-31-50-47(58-42)40-18-10-28-53(40)48(56)44(37-13-5-2-6-14-37)51-45(55)38-15-7-8-16-38/h1-6,11-14,19-26,30-31,38-40,44H,7-10,15-18,27-29H2,(H,51,55)/t39-,40-,44+/m0/s1. The third kappa shape index (κ3) is 8.13. The van der Waals surface area contributed by atoms with Gasteiger partial charge in [-0.25, -0.2) is 9.97 Å². The van der Waals surface area contributed by atoms with Crippen LogP contribution in [0.4, 0.5) is 0 Å². The molecule has 0 bridgehead atoms. The number of likely N-dealkylation sites (tertiary alicyclic amines) is 2. The van der Waals surface area contributed by atoms with Crippen LogP contribution in [-0.4, -0.2) is 50.6 Å². The summed E-state index contributed by atoms with van der Waals surface area (Å²) in [6.45, 7) is 1.43. The topological polar surface area (TPSA) is 95.5 Å². The van der Waals surface area contributed by atoms with Crippen LogP contribution in [0.25, 0.3) is 32.0 Å². The number of rotatable bonds is 11. The molecule has 1 saturated carbocycles. The van der Waals surface area contributed by atoms with Gasteiger partial charge in [0, 0.05) is 31.4 Å². The molecule has 3 aliphatic rings. The summed E-state index contributed by atoms with van der Waals surface area (Å²) in [4.78, 5) is 56.5. The van der Waals surface area contributed by atoms with Crippen molar-refractivity contribution in [2.75, 3.05) is 13.1 Å². The van der Waals surface area contributed by atoms with Crippen LogP contribution >= 0.6 is 22.7 Å². The Bertz CT molecular complexity index is 2350. The second-order valence-electron chi connectivity index (χ2n) is 15.7. The molecule has 2 aliphatic heterocycles. The van der Waals surface area contributed by atoms with E-state index in [9.17, 15) is 14.4 Å². The lowest BCUT2D eigenvalue weighted by Gasteiger charge is -2.29. The van der Waals surface area contributed by atoms with Crippen LogP contribution in [0.5, 0.6) is 0 Å². The second-order valence-corrected chi connectivity index (χ2v) is 17.8. The van der Waals surface area contributed by atoms with Gasteiger partial charge in [-0.2, -0.15) is 0 Å². The summed E-state index contributed by atoms with van der Waals surface area (Å²) in [6, 6.07) is 36.0. The first-order valence-electron chi connectivity index (χ1n) is 20.6. The van der Waals surface area contributed by atoms with Gasteiger partial charge in [-0.1, -0.05) is 122 Å². The molecule has 3 fully saturated rings. The van der Waals surface area contributed by atoms with E-state index in [4.69, 9.17) is 9.97 Å². The Morgan fingerprint density at radius 1 is 0.603 bits per heavy atom. The fourth-order valence-electron chi connectivity index (χ4n) is 8.83. The molecule has 4 aromatic carbocycles. The van der Waals surface area contributed by atoms with Crippen molar-refractivity contribution in [2.45, 2.75) is 75.9 Å². The third-order valence-corrected chi connectivity index (χ3v) is 14.3. The maximum atomic E-state index is 14.2. The maximum Gasteiger partial charge on any atom is 0.250 e. The molecule has 2 aromatic heterocycles. The highest BCUT2D eigenvalue weighted by Crippen LogP contribution is 2.41. The largest absolute Gasteiger partial charge is 0.340 e. The fraction of sp³-hybridized carbons (Fsp3) is 0.312. The number of hydrogen-bond acceptors (Lipinski definition) is 7. The molecule has 2 saturated heterocycles. The minimum Gasteiger partial charge on any atom is -0.340 e. The highest BCUT2D eigenvalue weighted by atomic mass is 32.1. The molecule has 3 amide bonds. The average molecular weight is 806 g/mol. The molecule has 8 nitrogen and oxygen atoms in total. The Hall–Kier alpha value is -5.45. The Morgan fingerprint density at radius 2 is 1.10 bits per heavy atom. The number of thiazole rings is 2. The molecule has 0 radical (unpaired) electrons. The van der Waals surface area contributed by atoms with E-state index in [2.05, 4.69) is 53.8 Å². The zero-order chi connectivity index (χ0) is 39.4. The molecule has 58 heavy (non-hydrogen) atoms. The Balaban J connectivity index is 0.851. The van der Waals surface area contributed by atoms with E-state index in [0.717, 1.165) is 111 Å². The SMILES string of the molecule is O=C(N[C@@H](C(=O)N1CCC[C@H]1c1ncc(-c2ccc(-c3ccc(-c4cnc([C@@H]5CCCN5C(=O)Cc5ccccc5)s4)cc3)cc2)s1)c1ccccc1)C1CCCC1. The summed E-state index contributed by atoms with van der Waals surface area (Å²) in [6.07, 6.45) is 11.9. The normalized spacial score (nSPS) is 18.8. The number of nitrogens with one attached hydrogen (secondary N) is 1. The van der Waals surface area contributed by atoms with Crippen LogP contribution in [0.15, 0.2) is 122 Å². The first kappa shape index (κ1) is 38.1. The summed E-state index contributed by atoms with van der Waals surface area (Å²) >= 11 is 3.32. The average Bonchev–Trinajstić information content (AvgIpc) is 4.13. The summed E-state index contributed by atoms with van der Waals surface area (Å²) in [5, 5.41) is 5.08. The van der Waals surface area contributed by atoms with Crippen molar-refractivity contribution in [1.29, 1.82) is 0 Å². The summed E-state index contributed by atoms with van der Waals surface area (Å²) in [5.41, 5.74) is 6.33. The van der Waals surface area contributed by atoms with Crippen molar-refractivity contribution >= 4 is 40.4 Å². The molecule has 3 atom stereocenters. The lowest BCUT2D eigenvalue weighted by atomic mass is 10.0. The molecule has 6 aromatic rings. The van der Waals surface area contributed by atoms with Crippen LogP contribution in [0.3, 0.4) is 0 Å². The predicted octanol–water partition coefficient (Wildman–Crippen LogP) is 10.2. The smallest absolute Gasteiger partial charge is 0.250 e. The second kappa shape index (κ2) is 17.2. The van der Waals surface area contributed by atoms with Crippen LogP contribution in [0.1, 0.15) is 90.6 Å². The molecule has 0 spiro atoms. The first-order chi connectivity index (χ1) is 28.5. The van der Waals surface area contributed by atoms with Crippen LogP contribution in [0.2, 0.25) is 0 Å². The van der Waals surface area contributed by atoms with Crippen molar-refractivity contribution in [2.24, 2.45) is 5.92 Å². The van der Waals surface area contributed by atoms with Crippen LogP contribution in [-0.2, 0) is 20.8 Å². The maximum absolute atomic E-state index is 14.2. The molecule has 1 N–H and O–H groups in total. The molecular formula is C48H47N5O3S2. The van der Waals surface area contributed by atoms with Gasteiger partial charge >= 0.3 is 0 Å². The van der Waals surface area contributed by atoms with Gasteiger partial charge < -0.3 is 15.1 Å². The lowest BCUT2D eigenvalue weighted by molar-refractivity contribution is -0.138. The van der Waals surface area contributed by atoms with E-state index in [0.29, 0.717) is 13.0 Å². The van der Waals surface area contributed by atoms with Crippen molar-refractivity contribution < 1.29 is 14.4 Å². The minimum absolute atomic E-state index is 0.0130. The number of hydrogen-bond donors (Lipinski definition) is 1. The van der Waals surface area contributed by atoms with Gasteiger partial charge in [0.25, 0.3) is 0 Å². The zero-order valence-corrected chi connectivity index (χ0v) is 34.1. The molecular weight excluding hydrogens is 759 g/mol. The van der Waals surface area contributed by atoms with Crippen molar-refractivity contribution in [3.8, 4) is 32.0 Å². The summed E-state index contributed by atoms with van der Waals surface area (Å²) in [5.74, 6) is 0.0748. The van der Waals surface area contributed by atoms with E-state index >= 15 is 0 Å². The van der Waals surface area contributed by atoms with E-state index in [1.165, 1.54) is 0 Å². The van der Waals surface area contributed by atoms with Crippen LogP contribution in [0, 0.1) is 5.92 Å². The lowest BCUT2D eigenvalue weighted by Crippen LogP contribution is -2.44. The predicted molar refractivity (Wildman–Crippen MR) is 231 cm³/mol. The molecule has 4 heterocycles. The minimum atomic E-state index is -0.708. The van der Waals surface area contributed by atoms with Crippen molar-refractivity contribution in [3.05, 3.63) is 143 Å². The van der Waals surface area contributed by atoms with Gasteiger partial charge in [0.05, 0.1) is 28.3 Å². The summed E-state index contributed by atoms with van der Waals surface area (Å²) < 4.78 is 0. The van der Waals surface area contributed by atoms with Crippen molar-refractivity contribution in [1.82, 2.24) is 25.1 Å². The number of benzene rings is 4. The van der Waals surface area contributed by atoms with Crippen LogP contribution < -0.4 is 5.32 Å². The molecule has 1 aliphatic carbocycles. The van der Waals surface area contributed by atoms with E-state index in [-0.39, 0.29) is 35.7 Å². The van der Waals surface area contributed by atoms with Gasteiger partial charge in [-0.05, 0) is 71.9 Å². The monoisotopic (exact) mass is 805 g/mol.